The van der Waals surface area contributed by atoms with Crippen molar-refractivity contribution < 1.29 is 9.47 Å². The molecule has 0 amide bonds. The zero-order valence-electron chi connectivity index (χ0n) is 9.91. The number of aromatic nitrogens is 3. The summed E-state index contributed by atoms with van der Waals surface area (Å²) in [6, 6.07) is 5.73. The van der Waals surface area contributed by atoms with Crippen molar-refractivity contribution in [3.05, 3.63) is 30.2 Å². The fourth-order valence-electron chi connectivity index (χ4n) is 1.50. The number of hydrogen-bond donors (Lipinski definition) is 0. The first-order valence-corrected chi connectivity index (χ1v) is 5.10. The fourth-order valence-corrected chi connectivity index (χ4v) is 1.50. The van der Waals surface area contributed by atoms with E-state index < -0.39 is 0 Å². The van der Waals surface area contributed by atoms with E-state index >= 15 is 0 Å². The SMILES string of the molecule is COc1ncc(-c2cccnc2C#N)c(OC)n1. The summed E-state index contributed by atoms with van der Waals surface area (Å²) >= 11 is 0. The topological polar surface area (TPSA) is 80.9 Å². The second kappa shape index (κ2) is 5.10. The maximum absolute atomic E-state index is 9.03. The van der Waals surface area contributed by atoms with Crippen molar-refractivity contribution in [1.82, 2.24) is 15.0 Å². The summed E-state index contributed by atoms with van der Waals surface area (Å²) in [7, 11) is 2.97. The zero-order valence-corrected chi connectivity index (χ0v) is 9.91. The van der Waals surface area contributed by atoms with E-state index in [4.69, 9.17) is 14.7 Å². The number of ether oxygens (including phenoxy) is 2. The van der Waals surface area contributed by atoms with Crippen molar-refractivity contribution in [1.29, 1.82) is 5.26 Å². The molecule has 0 aliphatic heterocycles. The summed E-state index contributed by atoms with van der Waals surface area (Å²) in [6.07, 6.45) is 3.10. The van der Waals surface area contributed by atoms with Crippen LogP contribution < -0.4 is 9.47 Å². The van der Waals surface area contributed by atoms with E-state index in [1.54, 1.807) is 24.5 Å². The monoisotopic (exact) mass is 242 g/mol. The van der Waals surface area contributed by atoms with Gasteiger partial charge in [0.1, 0.15) is 11.8 Å². The lowest BCUT2D eigenvalue weighted by Gasteiger charge is -2.08. The predicted molar refractivity (Wildman–Crippen MR) is 63.1 cm³/mol. The Morgan fingerprint density at radius 3 is 2.67 bits per heavy atom. The third kappa shape index (κ3) is 2.06. The summed E-state index contributed by atoms with van der Waals surface area (Å²) in [5.41, 5.74) is 1.52. The predicted octanol–water partition coefficient (Wildman–Crippen LogP) is 1.43. The molecule has 2 aromatic rings. The third-order valence-electron chi connectivity index (χ3n) is 2.31. The van der Waals surface area contributed by atoms with Gasteiger partial charge in [-0.05, 0) is 12.1 Å². The average Bonchev–Trinajstić information content (AvgIpc) is 2.46. The lowest BCUT2D eigenvalue weighted by Crippen LogP contribution is -1.99. The Hall–Kier alpha value is -2.68. The molecule has 0 radical (unpaired) electrons. The largest absolute Gasteiger partial charge is 0.480 e. The lowest BCUT2D eigenvalue weighted by atomic mass is 10.1. The van der Waals surface area contributed by atoms with Gasteiger partial charge in [-0.3, -0.25) is 0 Å². The van der Waals surface area contributed by atoms with E-state index in [-0.39, 0.29) is 6.01 Å². The van der Waals surface area contributed by atoms with Gasteiger partial charge in [0.2, 0.25) is 5.88 Å². The van der Waals surface area contributed by atoms with Crippen LogP contribution in [0, 0.1) is 11.3 Å². The maximum Gasteiger partial charge on any atom is 0.319 e. The minimum atomic E-state index is 0.206. The highest BCUT2D eigenvalue weighted by molar-refractivity contribution is 5.72. The Labute approximate surface area is 104 Å². The molecular formula is C12H10N4O2. The molecule has 0 saturated carbocycles. The molecule has 0 bridgehead atoms. The van der Waals surface area contributed by atoms with Gasteiger partial charge in [0.15, 0.2) is 0 Å². The second-order valence-corrected chi connectivity index (χ2v) is 3.29. The molecule has 2 heterocycles. The Balaban J connectivity index is 2.60. The lowest BCUT2D eigenvalue weighted by molar-refractivity contribution is 0.353. The quantitative estimate of drug-likeness (QED) is 0.809. The molecule has 2 rings (SSSR count). The molecule has 0 aromatic carbocycles. The molecule has 0 fully saturated rings. The number of pyridine rings is 1. The summed E-state index contributed by atoms with van der Waals surface area (Å²) < 4.78 is 10.1. The van der Waals surface area contributed by atoms with Gasteiger partial charge in [-0.1, -0.05) is 0 Å². The highest BCUT2D eigenvalue weighted by Crippen LogP contribution is 2.30. The van der Waals surface area contributed by atoms with E-state index in [1.807, 2.05) is 6.07 Å². The molecule has 18 heavy (non-hydrogen) atoms. The number of nitrogens with zero attached hydrogens (tertiary/aromatic N) is 4. The van der Waals surface area contributed by atoms with Crippen LogP contribution in [0.5, 0.6) is 11.9 Å². The molecule has 90 valence electrons. The molecule has 0 atom stereocenters. The average molecular weight is 242 g/mol. The standard InChI is InChI=1S/C12H10N4O2/c1-17-11-9(7-15-12(16-11)18-2)8-4-3-5-14-10(8)6-13/h3-5,7H,1-2H3. The second-order valence-electron chi connectivity index (χ2n) is 3.29. The summed E-state index contributed by atoms with van der Waals surface area (Å²) in [6.45, 7) is 0. The first-order valence-electron chi connectivity index (χ1n) is 5.10. The van der Waals surface area contributed by atoms with Crippen molar-refractivity contribution >= 4 is 0 Å². The van der Waals surface area contributed by atoms with Crippen molar-refractivity contribution in [2.24, 2.45) is 0 Å². The zero-order chi connectivity index (χ0) is 13.0. The van der Waals surface area contributed by atoms with Crippen molar-refractivity contribution in [3.8, 4) is 29.1 Å². The van der Waals surface area contributed by atoms with Crippen LogP contribution >= 0.6 is 0 Å². The summed E-state index contributed by atoms with van der Waals surface area (Å²) in [5.74, 6) is 0.339. The van der Waals surface area contributed by atoms with E-state index in [0.717, 1.165) is 0 Å². The van der Waals surface area contributed by atoms with Gasteiger partial charge in [0.25, 0.3) is 0 Å². The first kappa shape index (κ1) is 11.8. The molecule has 0 spiro atoms. The van der Waals surface area contributed by atoms with Crippen LogP contribution in [-0.4, -0.2) is 29.2 Å². The van der Waals surface area contributed by atoms with Crippen LogP contribution in [0.4, 0.5) is 0 Å². The number of hydrogen-bond acceptors (Lipinski definition) is 6. The summed E-state index contributed by atoms with van der Waals surface area (Å²) in [5, 5.41) is 9.03. The van der Waals surface area contributed by atoms with Crippen LogP contribution in [-0.2, 0) is 0 Å². The van der Waals surface area contributed by atoms with E-state index in [1.165, 1.54) is 14.2 Å². The number of nitriles is 1. The summed E-state index contributed by atoms with van der Waals surface area (Å²) in [4.78, 5) is 12.1. The third-order valence-corrected chi connectivity index (χ3v) is 2.31. The van der Waals surface area contributed by atoms with Gasteiger partial charge in [-0.15, -0.1) is 0 Å². The van der Waals surface area contributed by atoms with Crippen molar-refractivity contribution in [2.45, 2.75) is 0 Å². The van der Waals surface area contributed by atoms with Crippen molar-refractivity contribution in [2.75, 3.05) is 14.2 Å². The molecule has 6 heteroatoms. The van der Waals surface area contributed by atoms with E-state index in [2.05, 4.69) is 15.0 Å². The Kier molecular flexibility index (Phi) is 3.34. The van der Waals surface area contributed by atoms with Crippen LogP contribution in [0.15, 0.2) is 24.5 Å². The minimum Gasteiger partial charge on any atom is -0.480 e. The van der Waals surface area contributed by atoms with Gasteiger partial charge < -0.3 is 9.47 Å². The maximum atomic E-state index is 9.03. The first-order chi connectivity index (χ1) is 8.80. The normalized spacial score (nSPS) is 9.61. The van der Waals surface area contributed by atoms with E-state index in [0.29, 0.717) is 22.7 Å². The molecule has 0 aliphatic carbocycles. The van der Waals surface area contributed by atoms with Crippen LogP contribution in [0.3, 0.4) is 0 Å². The van der Waals surface area contributed by atoms with E-state index in [9.17, 15) is 0 Å². The van der Waals surface area contributed by atoms with Gasteiger partial charge in [0, 0.05) is 18.0 Å². The molecular weight excluding hydrogens is 232 g/mol. The van der Waals surface area contributed by atoms with Crippen LogP contribution in [0.25, 0.3) is 11.1 Å². The van der Waals surface area contributed by atoms with Crippen LogP contribution in [0.2, 0.25) is 0 Å². The van der Waals surface area contributed by atoms with Crippen molar-refractivity contribution in [3.63, 3.8) is 0 Å². The molecule has 0 aliphatic rings. The smallest absolute Gasteiger partial charge is 0.319 e. The Bertz CT molecular complexity index is 607. The Morgan fingerprint density at radius 1 is 1.17 bits per heavy atom. The fraction of sp³-hybridized carbons (Fsp3) is 0.167. The highest BCUT2D eigenvalue weighted by Gasteiger charge is 2.14. The molecule has 2 aromatic heterocycles. The number of rotatable bonds is 3. The molecule has 0 N–H and O–H groups in total. The Morgan fingerprint density at radius 2 is 2.00 bits per heavy atom. The van der Waals surface area contributed by atoms with Gasteiger partial charge in [-0.25, -0.2) is 9.97 Å². The molecule has 6 nitrogen and oxygen atoms in total. The number of methoxy groups -OCH3 is 2. The minimum absolute atomic E-state index is 0.206. The van der Waals surface area contributed by atoms with Gasteiger partial charge >= 0.3 is 6.01 Å². The van der Waals surface area contributed by atoms with Gasteiger partial charge in [-0.2, -0.15) is 10.2 Å². The van der Waals surface area contributed by atoms with Crippen LogP contribution in [0.1, 0.15) is 5.69 Å². The molecule has 0 unspecified atom stereocenters. The van der Waals surface area contributed by atoms with Gasteiger partial charge in [0.05, 0.1) is 19.8 Å². The highest BCUT2D eigenvalue weighted by atomic mass is 16.5. The molecule has 0 saturated heterocycles.